The third-order valence-corrected chi connectivity index (χ3v) is 5.95. The van der Waals surface area contributed by atoms with Crippen LogP contribution in [0.5, 0.6) is 0 Å². The third kappa shape index (κ3) is 4.52. The molecule has 0 radical (unpaired) electrons. The van der Waals surface area contributed by atoms with Gasteiger partial charge in [-0.3, -0.25) is 5.32 Å². The molecule has 2 amide bonds. The number of nitrogens with one attached hydrogen (secondary N) is 2. The second-order valence-electron chi connectivity index (χ2n) is 9.69. The van der Waals surface area contributed by atoms with E-state index in [-0.39, 0.29) is 29.3 Å². The standard InChI is InChI=1S/C23H25FN8O3/c1-22(2,34)10-32-20-17(19(25)26-11-27-20)18(30-32)12-4-5-14(13(24)8-12)28-21(33)29-16-9-15(31-35-16)23(3)6-7-23/h4-5,8-9,11,34H,6-7,10H2,1-3H3,(H2,25,26,27)(H2,28,29,33). The highest BCUT2D eigenvalue weighted by Gasteiger charge is 2.42. The highest BCUT2D eigenvalue weighted by Crippen LogP contribution is 2.47. The van der Waals surface area contributed by atoms with Crippen molar-refractivity contribution in [3.05, 3.63) is 42.1 Å². The van der Waals surface area contributed by atoms with Gasteiger partial charge in [-0.25, -0.2) is 23.8 Å². The first-order valence-electron chi connectivity index (χ1n) is 11.1. The summed E-state index contributed by atoms with van der Waals surface area (Å²) in [6.07, 6.45) is 3.34. The van der Waals surface area contributed by atoms with Gasteiger partial charge in [0.2, 0.25) is 5.88 Å². The van der Waals surface area contributed by atoms with E-state index in [0.717, 1.165) is 18.5 Å². The molecule has 0 unspecified atom stereocenters. The Hall–Kier alpha value is -4.06. The molecular formula is C23H25FN8O3. The quantitative estimate of drug-likeness (QED) is 0.326. The molecule has 0 bridgehead atoms. The Bertz CT molecular complexity index is 1430. The van der Waals surface area contributed by atoms with Crippen molar-refractivity contribution in [3.63, 3.8) is 0 Å². The van der Waals surface area contributed by atoms with Crippen LogP contribution < -0.4 is 16.4 Å². The first-order valence-corrected chi connectivity index (χ1v) is 11.1. The largest absolute Gasteiger partial charge is 0.389 e. The summed E-state index contributed by atoms with van der Waals surface area (Å²) in [6.45, 7) is 5.50. The number of hydrogen-bond donors (Lipinski definition) is 4. The lowest BCUT2D eigenvalue weighted by Gasteiger charge is -2.16. The fourth-order valence-corrected chi connectivity index (χ4v) is 3.80. The summed E-state index contributed by atoms with van der Waals surface area (Å²) in [5, 5.41) is 24.2. The van der Waals surface area contributed by atoms with E-state index in [1.165, 1.54) is 23.1 Å². The zero-order valence-electron chi connectivity index (χ0n) is 19.5. The first-order chi connectivity index (χ1) is 16.5. The van der Waals surface area contributed by atoms with Gasteiger partial charge in [-0.2, -0.15) is 5.10 Å². The zero-order valence-corrected chi connectivity index (χ0v) is 19.5. The van der Waals surface area contributed by atoms with E-state index < -0.39 is 17.4 Å². The molecule has 1 saturated carbocycles. The maximum absolute atomic E-state index is 15.0. The second-order valence-corrected chi connectivity index (χ2v) is 9.69. The molecule has 182 valence electrons. The molecule has 5 N–H and O–H groups in total. The van der Waals surface area contributed by atoms with Crippen molar-refractivity contribution in [2.45, 2.75) is 51.2 Å². The average molecular weight is 481 g/mol. The van der Waals surface area contributed by atoms with Crippen LogP contribution in [0, 0.1) is 5.82 Å². The van der Waals surface area contributed by atoms with Crippen molar-refractivity contribution in [2.24, 2.45) is 0 Å². The van der Waals surface area contributed by atoms with Crippen LogP contribution in [0.4, 0.5) is 26.6 Å². The normalized spacial score (nSPS) is 14.8. The highest BCUT2D eigenvalue weighted by molar-refractivity contribution is 6.00. The molecule has 1 aliphatic rings. The lowest BCUT2D eigenvalue weighted by atomic mass is 10.1. The molecule has 1 aromatic carbocycles. The van der Waals surface area contributed by atoms with Crippen LogP contribution in [0.1, 0.15) is 39.3 Å². The summed E-state index contributed by atoms with van der Waals surface area (Å²) in [4.78, 5) is 20.6. The Labute approximate surface area is 199 Å². The molecule has 0 atom stereocenters. The van der Waals surface area contributed by atoms with Crippen molar-refractivity contribution in [2.75, 3.05) is 16.4 Å². The smallest absolute Gasteiger partial charge is 0.326 e. The molecule has 0 spiro atoms. The Morgan fingerprint density at radius 1 is 1.29 bits per heavy atom. The van der Waals surface area contributed by atoms with E-state index in [1.807, 2.05) is 0 Å². The number of carbonyl (C=O) groups excluding carboxylic acids is 1. The lowest BCUT2D eigenvalue weighted by molar-refractivity contribution is 0.0590. The fraction of sp³-hybridized carbons (Fsp3) is 0.348. The Morgan fingerprint density at radius 3 is 2.74 bits per heavy atom. The summed E-state index contributed by atoms with van der Waals surface area (Å²) in [7, 11) is 0. The SMILES string of the molecule is CC(C)(O)Cn1nc(-c2ccc(NC(=O)Nc3cc(C4(C)CC4)no3)c(F)c2)c2c(N)ncnc21. The minimum absolute atomic E-state index is 0.000363. The number of hydrogen-bond acceptors (Lipinski definition) is 8. The minimum Gasteiger partial charge on any atom is -0.389 e. The number of nitrogens with zero attached hydrogens (tertiary/aromatic N) is 5. The molecule has 4 aromatic rings. The number of aliphatic hydroxyl groups is 1. The second kappa shape index (κ2) is 8.01. The number of halogens is 1. The van der Waals surface area contributed by atoms with Gasteiger partial charge in [0.25, 0.3) is 0 Å². The lowest BCUT2D eigenvalue weighted by Crippen LogP contribution is -2.26. The number of anilines is 3. The molecular weight excluding hydrogens is 455 g/mol. The molecule has 12 heteroatoms. The number of amides is 2. The summed E-state index contributed by atoms with van der Waals surface area (Å²) in [5.74, 6) is -0.315. The van der Waals surface area contributed by atoms with Crippen LogP contribution in [0.15, 0.2) is 35.1 Å². The van der Waals surface area contributed by atoms with Crippen LogP contribution in [0.25, 0.3) is 22.3 Å². The zero-order chi connectivity index (χ0) is 25.0. The first kappa shape index (κ1) is 22.7. The molecule has 1 fully saturated rings. The van der Waals surface area contributed by atoms with E-state index in [9.17, 15) is 14.3 Å². The van der Waals surface area contributed by atoms with Gasteiger partial charge in [0.15, 0.2) is 5.65 Å². The predicted octanol–water partition coefficient (Wildman–Crippen LogP) is 3.67. The van der Waals surface area contributed by atoms with Gasteiger partial charge in [-0.15, -0.1) is 0 Å². The van der Waals surface area contributed by atoms with E-state index in [2.05, 4.69) is 37.8 Å². The number of rotatable bonds is 6. The van der Waals surface area contributed by atoms with Gasteiger partial charge in [0.1, 0.15) is 23.7 Å². The van der Waals surface area contributed by atoms with Crippen LogP contribution in [-0.4, -0.2) is 41.6 Å². The topological polar surface area (TPSA) is 157 Å². The van der Waals surface area contributed by atoms with Gasteiger partial charge in [0, 0.05) is 17.0 Å². The van der Waals surface area contributed by atoms with Crippen molar-refractivity contribution in [1.29, 1.82) is 0 Å². The van der Waals surface area contributed by atoms with Crippen LogP contribution in [0.3, 0.4) is 0 Å². The number of fused-ring (bicyclic) bond motifs is 1. The van der Waals surface area contributed by atoms with Crippen molar-refractivity contribution in [1.82, 2.24) is 24.9 Å². The molecule has 0 aliphatic heterocycles. The summed E-state index contributed by atoms with van der Waals surface area (Å²) in [6, 6.07) is 5.26. The molecule has 11 nitrogen and oxygen atoms in total. The monoisotopic (exact) mass is 480 g/mol. The Kier molecular flexibility index (Phi) is 5.20. The number of urea groups is 1. The number of benzene rings is 1. The van der Waals surface area contributed by atoms with Crippen molar-refractivity contribution < 1.29 is 18.8 Å². The highest BCUT2D eigenvalue weighted by atomic mass is 19.1. The molecule has 3 aromatic heterocycles. The number of aromatic nitrogens is 5. The number of nitrogens with two attached hydrogens (primary N) is 1. The van der Waals surface area contributed by atoms with Gasteiger partial charge >= 0.3 is 6.03 Å². The molecule has 3 heterocycles. The Morgan fingerprint density at radius 2 is 2.06 bits per heavy atom. The Balaban J connectivity index is 1.38. The van der Waals surface area contributed by atoms with Gasteiger partial charge < -0.3 is 20.7 Å². The van der Waals surface area contributed by atoms with E-state index in [0.29, 0.717) is 22.3 Å². The van der Waals surface area contributed by atoms with Crippen LogP contribution in [0.2, 0.25) is 0 Å². The number of nitrogen functional groups attached to an aromatic ring is 1. The minimum atomic E-state index is -1.07. The summed E-state index contributed by atoms with van der Waals surface area (Å²) >= 11 is 0. The maximum Gasteiger partial charge on any atom is 0.326 e. The van der Waals surface area contributed by atoms with E-state index in [4.69, 9.17) is 10.3 Å². The fourth-order valence-electron chi connectivity index (χ4n) is 3.80. The van der Waals surface area contributed by atoms with Crippen molar-refractivity contribution in [3.8, 4) is 11.3 Å². The molecule has 0 saturated heterocycles. The average Bonchev–Trinajstić information content (AvgIpc) is 3.18. The van der Waals surface area contributed by atoms with Crippen LogP contribution in [-0.2, 0) is 12.0 Å². The number of carbonyl (C=O) groups is 1. The summed E-state index contributed by atoms with van der Waals surface area (Å²) in [5.41, 5.74) is 6.94. The van der Waals surface area contributed by atoms with Gasteiger partial charge in [-0.05, 0) is 38.8 Å². The van der Waals surface area contributed by atoms with Crippen LogP contribution >= 0.6 is 0 Å². The van der Waals surface area contributed by atoms with Gasteiger partial charge in [-0.1, -0.05) is 18.1 Å². The van der Waals surface area contributed by atoms with E-state index >= 15 is 0 Å². The molecule has 35 heavy (non-hydrogen) atoms. The molecule has 5 rings (SSSR count). The third-order valence-electron chi connectivity index (χ3n) is 5.95. The van der Waals surface area contributed by atoms with Crippen molar-refractivity contribution >= 4 is 34.5 Å². The van der Waals surface area contributed by atoms with E-state index in [1.54, 1.807) is 26.0 Å². The van der Waals surface area contributed by atoms with Gasteiger partial charge in [0.05, 0.1) is 28.9 Å². The molecule has 1 aliphatic carbocycles. The summed E-state index contributed by atoms with van der Waals surface area (Å²) < 4.78 is 21.6. The maximum atomic E-state index is 15.0. The predicted molar refractivity (Wildman–Crippen MR) is 127 cm³/mol.